The van der Waals surface area contributed by atoms with E-state index in [1.807, 2.05) is 43.3 Å². The highest BCUT2D eigenvalue weighted by Crippen LogP contribution is 2.55. The van der Waals surface area contributed by atoms with E-state index in [1.165, 1.54) is 7.11 Å². The van der Waals surface area contributed by atoms with E-state index < -0.39 is 17.3 Å². The number of allylic oxidation sites excluding steroid dienone is 1. The Balaban J connectivity index is 1.86. The molecule has 0 saturated carbocycles. The molecule has 180 valence electrons. The average Bonchev–Trinajstić information content (AvgIpc) is 3.10. The molecule has 1 aliphatic carbocycles. The van der Waals surface area contributed by atoms with Gasteiger partial charge < -0.3 is 15.8 Å². The predicted octanol–water partition coefficient (Wildman–Crippen LogP) is 4.18. The Labute approximate surface area is 204 Å². The number of rotatable bonds is 3. The Hall–Kier alpha value is -3.87. The fraction of sp³-hybridized carbons (Fsp3) is 0.321. The number of amides is 1. The van der Waals surface area contributed by atoms with Gasteiger partial charge in [0.2, 0.25) is 5.91 Å². The Morgan fingerprint density at radius 1 is 1.11 bits per heavy atom. The summed E-state index contributed by atoms with van der Waals surface area (Å²) in [5.41, 5.74) is 9.98. The summed E-state index contributed by atoms with van der Waals surface area (Å²) in [6, 6.07) is 13.4. The number of nitrogens with one attached hydrogen (secondary N) is 1. The highest BCUT2D eigenvalue weighted by atomic mass is 16.5. The molecule has 2 aromatic carbocycles. The summed E-state index contributed by atoms with van der Waals surface area (Å²) in [5, 5.41) is 2.90. The number of fused-ring (bicyclic) bond motifs is 3. The molecule has 2 aromatic rings. The van der Waals surface area contributed by atoms with Gasteiger partial charge in [0.25, 0.3) is 0 Å². The first-order valence-electron chi connectivity index (χ1n) is 11.9. The number of benzene rings is 2. The van der Waals surface area contributed by atoms with E-state index in [0.717, 1.165) is 16.8 Å². The van der Waals surface area contributed by atoms with Crippen molar-refractivity contribution in [1.82, 2.24) is 0 Å². The van der Waals surface area contributed by atoms with E-state index in [4.69, 9.17) is 10.5 Å². The Kier molecular flexibility index (Phi) is 5.31. The molecule has 7 heteroatoms. The lowest BCUT2D eigenvalue weighted by molar-refractivity contribution is -0.138. The van der Waals surface area contributed by atoms with Gasteiger partial charge in [0, 0.05) is 34.6 Å². The Morgan fingerprint density at radius 2 is 1.83 bits per heavy atom. The molecular weight excluding hydrogens is 442 g/mol. The number of nitrogens with zero attached hydrogens (tertiary/aromatic N) is 1. The van der Waals surface area contributed by atoms with Crippen LogP contribution >= 0.6 is 0 Å². The fourth-order valence-corrected chi connectivity index (χ4v) is 5.63. The van der Waals surface area contributed by atoms with Gasteiger partial charge in [-0.2, -0.15) is 0 Å². The monoisotopic (exact) mass is 471 g/mol. The second-order valence-corrected chi connectivity index (χ2v) is 9.69. The molecule has 0 aromatic heterocycles. The van der Waals surface area contributed by atoms with Crippen LogP contribution in [-0.4, -0.2) is 24.8 Å². The van der Waals surface area contributed by atoms with Crippen molar-refractivity contribution in [3.05, 3.63) is 81.8 Å². The molecule has 1 amide bonds. The maximum absolute atomic E-state index is 13.8. The van der Waals surface area contributed by atoms with Crippen molar-refractivity contribution in [1.29, 1.82) is 0 Å². The highest BCUT2D eigenvalue weighted by Gasteiger charge is 2.61. The molecule has 35 heavy (non-hydrogen) atoms. The van der Waals surface area contributed by atoms with Gasteiger partial charge in [-0.15, -0.1) is 0 Å². The maximum Gasteiger partial charge on any atom is 0.339 e. The third-order valence-electron chi connectivity index (χ3n) is 7.28. The molecule has 3 aliphatic rings. The lowest BCUT2D eigenvalue weighted by atomic mass is 9.63. The second kappa shape index (κ2) is 8.12. The number of methoxy groups -OCH3 is 1. The summed E-state index contributed by atoms with van der Waals surface area (Å²) < 4.78 is 5.17. The standard InChI is InChI=1S/C28H29N3O4/c1-15(2)17-9-11-18(12-10-17)31-21-6-5-7-22(32)23(21)28(24(25(31)29)26(33)35-4)19-14-16(3)8-13-20(19)30-27(28)34/h8-15H,5-7,29H2,1-4H3,(H,30,34). The number of anilines is 2. The number of carbonyl (C=O) groups excluding carboxylic acids is 3. The van der Waals surface area contributed by atoms with Crippen molar-refractivity contribution in [2.75, 3.05) is 17.3 Å². The van der Waals surface area contributed by atoms with E-state index >= 15 is 0 Å². The first-order valence-corrected chi connectivity index (χ1v) is 11.9. The molecular formula is C28H29N3O4. The highest BCUT2D eigenvalue weighted by molar-refractivity contribution is 6.23. The van der Waals surface area contributed by atoms with Crippen molar-refractivity contribution in [3.63, 3.8) is 0 Å². The molecule has 2 heterocycles. The number of Topliss-reactive ketones (excluding diaryl/α,β-unsaturated/α-hetero) is 1. The van der Waals surface area contributed by atoms with E-state index in [9.17, 15) is 14.4 Å². The minimum atomic E-state index is -1.65. The van der Waals surface area contributed by atoms with E-state index in [-0.39, 0.29) is 17.2 Å². The molecule has 5 rings (SSSR count). The van der Waals surface area contributed by atoms with Crippen molar-refractivity contribution >= 4 is 29.0 Å². The van der Waals surface area contributed by atoms with Crippen LogP contribution in [0.3, 0.4) is 0 Å². The molecule has 7 nitrogen and oxygen atoms in total. The van der Waals surface area contributed by atoms with E-state index in [2.05, 4.69) is 19.2 Å². The summed E-state index contributed by atoms with van der Waals surface area (Å²) in [6.45, 7) is 6.13. The van der Waals surface area contributed by atoms with Crippen LogP contribution in [0.4, 0.5) is 11.4 Å². The summed E-state index contributed by atoms with van der Waals surface area (Å²) in [4.78, 5) is 42.6. The number of ketones is 1. The number of ether oxygens (including phenoxy) is 1. The predicted molar refractivity (Wildman–Crippen MR) is 134 cm³/mol. The van der Waals surface area contributed by atoms with Crippen molar-refractivity contribution in [3.8, 4) is 0 Å². The van der Waals surface area contributed by atoms with E-state index in [0.29, 0.717) is 47.7 Å². The minimum absolute atomic E-state index is 0.0243. The zero-order valence-corrected chi connectivity index (χ0v) is 20.4. The van der Waals surface area contributed by atoms with Gasteiger partial charge in [0.1, 0.15) is 16.8 Å². The van der Waals surface area contributed by atoms with Crippen LogP contribution in [0.25, 0.3) is 0 Å². The zero-order chi connectivity index (χ0) is 25.1. The third-order valence-corrected chi connectivity index (χ3v) is 7.28. The Bertz CT molecular complexity index is 1340. The lowest BCUT2D eigenvalue weighted by Crippen LogP contribution is -2.53. The summed E-state index contributed by atoms with van der Waals surface area (Å²) in [6.07, 6.45) is 1.49. The molecule has 0 bridgehead atoms. The number of hydrogen-bond donors (Lipinski definition) is 2. The third kappa shape index (κ3) is 3.14. The summed E-state index contributed by atoms with van der Waals surface area (Å²) in [5.74, 6) is -0.902. The van der Waals surface area contributed by atoms with Crippen LogP contribution in [0.15, 0.2) is 65.1 Å². The van der Waals surface area contributed by atoms with Gasteiger partial charge in [0.05, 0.1) is 7.11 Å². The average molecular weight is 472 g/mol. The lowest BCUT2D eigenvalue weighted by Gasteiger charge is -2.44. The van der Waals surface area contributed by atoms with Crippen LogP contribution in [0.1, 0.15) is 55.7 Å². The van der Waals surface area contributed by atoms with Crippen LogP contribution in [-0.2, 0) is 24.5 Å². The number of hydrogen-bond acceptors (Lipinski definition) is 6. The first kappa shape index (κ1) is 22.9. The number of aryl methyl sites for hydroxylation is 1. The molecule has 0 radical (unpaired) electrons. The number of esters is 1. The van der Waals surface area contributed by atoms with Crippen LogP contribution in [0, 0.1) is 6.92 Å². The fourth-order valence-electron chi connectivity index (χ4n) is 5.63. The van der Waals surface area contributed by atoms with Gasteiger partial charge in [-0.3, -0.25) is 14.5 Å². The molecule has 1 atom stereocenters. The normalized spacial score (nSPS) is 21.5. The second-order valence-electron chi connectivity index (χ2n) is 9.69. The van der Waals surface area contributed by atoms with Crippen LogP contribution in [0.5, 0.6) is 0 Å². The Morgan fingerprint density at radius 3 is 2.49 bits per heavy atom. The molecule has 0 saturated heterocycles. The number of nitrogens with two attached hydrogens (primary N) is 1. The zero-order valence-electron chi connectivity index (χ0n) is 20.4. The molecule has 0 fully saturated rings. The van der Waals surface area contributed by atoms with Gasteiger partial charge in [0.15, 0.2) is 5.78 Å². The molecule has 3 N–H and O–H groups in total. The van der Waals surface area contributed by atoms with Crippen molar-refractivity contribution in [2.24, 2.45) is 5.73 Å². The smallest absolute Gasteiger partial charge is 0.339 e. The topological polar surface area (TPSA) is 102 Å². The number of carbonyl (C=O) groups is 3. The van der Waals surface area contributed by atoms with Gasteiger partial charge in [-0.1, -0.05) is 43.7 Å². The van der Waals surface area contributed by atoms with Gasteiger partial charge in [-0.05, 0) is 49.4 Å². The molecule has 1 spiro atoms. The SMILES string of the molecule is COC(=O)C1=C(N)N(c2ccc(C(C)C)cc2)C2=C(C(=O)CCC2)C12C(=O)Nc1ccc(C)cc12. The van der Waals surface area contributed by atoms with Crippen LogP contribution in [0.2, 0.25) is 0 Å². The maximum atomic E-state index is 13.8. The minimum Gasteiger partial charge on any atom is -0.466 e. The van der Waals surface area contributed by atoms with E-state index in [1.54, 1.807) is 11.0 Å². The van der Waals surface area contributed by atoms with Crippen molar-refractivity contribution in [2.45, 2.75) is 51.4 Å². The van der Waals surface area contributed by atoms with Gasteiger partial charge >= 0.3 is 5.97 Å². The quantitative estimate of drug-likeness (QED) is 0.652. The molecule has 1 unspecified atom stereocenters. The first-order chi connectivity index (χ1) is 16.7. The van der Waals surface area contributed by atoms with Crippen LogP contribution < -0.4 is 16.0 Å². The summed E-state index contributed by atoms with van der Waals surface area (Å²) in [7, 11) is 1.26. The molecule has 2 aliphatic heterocycles. The largest absolute Gasteiger partial charge is 0.466 e. The summed E-state index contributed by atoms with van der Waals surface area (Å²) >= 11 is 0. The van der Waals surface area contributed by atoms with Crippen molar-refractivity contribution < 1.29 is 19.1 Å². The van der Waals surface area contributed by atoms with Gasteiger partial charge in [-0.25, -0.2) is 4.79 Å².